The van der Waals surface area contributed by atoms with E-state index in [1.807, 2.05) is 23.1 Å². The zero-order chi connectivity index (χ0) is 22.1. The molecule has 0 aliphatic carbocycles. The smallest absolute Gasteiger partial charge is 0.461 e. The van der Waals surface area contributed by atoms with E-state index in [0.29, 0.717) is 12.4 Å². The van der Waals surface area contributed by atoms with E-state index in [0.717, 1.165) is 37.1 Å². The summed E-state index contributed by atoms with van der Waals surface area (Å²) in [7, 11) is 1.45. The van der Waals surface area contributed by atoms with Crippen LogP contribution in [-0.2, 0) is 15.7 Å². The van der Waals surface area contributed by atoms with Crippen molar-refractivity contribution in [2.75, 3.05) is 18.6 Å². The average Bonchev–Trinajstić information content (AvgIpc) is 3.19. The fourth-order valence-electron chi connectivity index (χ4n) is 4.14. The fraction of sp³-hybridized carbons (Fsp3) is 0.696. The van der Waals surface area contributed by atoms with Crippen LogP contribution in [0.25, 0.3) is 0 Å². The third-order valence-corrected chi connectivity index (χ3v) is 6.95. The van der Waals surface area contributed by atoms with E-state index in [1.54, 1.807) is 7.11 Å². The van der Waals surface area contributed by atoms with E-state index in [9.17, 15) is 4.79 Å². The van der Waals surface area contributed by atoms with Crippen LogP contribution < -0.4 is 15.0 Å². The number of hydrogen-bond donors (Lipinski definition) is 1. The molecule has 1 N–H and O–H groups in total. The number of carbonyl (C=O) groups excluding carboxylic acids is 1. The van der Waals surface area contributed by atoms with E-state index in [2.05, 4.69) is 46.9 Å². The molecule has 1 aromatic carbocycles. The molecule has 0 spiro atoms. The minimum absolute atomic E-state index is 0.0433. The van der Waals surface area contributed by atoms with Crippen molar-refractivity contribution < 1.29 is 18.8 Å². The number of hydrogen-bond acceptors (Lipinski definition) is 4. The summed E-state index contributed by atoms with van der Waals surface area (Å²) in [5.74, 6) is 1.08. The van der Waals surface area contributed by atoms with Gasteiger partial charge in [-0.1, -0.05) is 25.8 Å². The Hall–Kier alpha value is -1.73. The molecule has 6 nitrogen and oxygen atoms in total. The van der Waals surface area contributed by atoms with Gasteiger partial charge in [-0.2, -0.15) is 0 Å². The predicted molar refractivity (Wildman–Crippen MR) is 121 cm³/mol. The van der Waals surface area contributed by atoms with Crippen molar-refractivity contribution in [1.82, 2.24) is 5.32 Å². The summed E-state index contributed by atoms with van der Waals surface area (Å²) in [6.07, 6.45) is 3.68. The Labute approximate surface area is 181 Å². The number of nitrogens with one attached hydrogen (secondary N) is 1. The lowest BCUT2D eigenvalue weighted by Gasteiger charge is -2.32. The number of ether oxygens (including phenoxy) is 1. The normalized spacial score (nSPS) is 21.3. The van der Waals surface area contributed by atoms with Crippen molar-refractivity contribution in [3.8, 4) is 5.75 Å². The van der Waals surface area contributed by atoms with Crippen molar-refractivity contribution in [2.24, 2.45) is 0 Å². The van der Waals surface area contributed by atoms with Gasteiger partial charge < -0.3 is 19.4 Å². The van der Waals surface area contributed by atoms with E-state index in [1.165, 1.54) is 5.56 Å². The van der Waals surface area contributed by atoms with Crippen LogP contribution in [0.2, 0.25) is 5.82 Å². The first kappa shape index (κ1) is 22.9. The first-order chi connectivity index (χ1) is 14.1. The lowest BCUT2D eigenvalue weighted by atomic mass is 9.67. The van der Waals surface area contributed by atoms with Gasteiger partial charge in [0.05, 0.1) is 24.0 Å². The van der Waals surface area contributed by atoms with Crippen LogP contribution in [-0.4, -0.2) is 44.0 Å². The molecule has 0 radical (unpaired) electrons. The lowest BCUT2D eigenvalue weighted by molar-refractivity contribution is 0.00578. The molecule has 2 atom stereocenters. The standard InChI is InChI=1S/C23H37BN2O4/c1-8-18(24-29-22(3,4)23(5,6)30-24)11-9-16(2)25-21(27)26-14-13-17-10-12-19(28-7)15-20(17)26/h10,12,15-16,18H,8-9,11,13-14H2,1-7H3,(H,25,27). The van der Waals surface area contributed by atoms with Crippen molar-refractivity contribution >= 4 is 18.8 Å². The number of methoxy groups -OCH3 is 1. The van der Waals surface area contributed by atoms with E-state index in [4.69, 9.17) is 14.0 Å². The van der Waals surface area contributed by atoms with Gasteiger partial charge in [0.2, 0.25) is 0 Å². The van der Waals surface area contributed by atoms with Crippen LogP contribution in [0.1, 0.15) is 66.4 Å². The van der Waals surface area contributed by atoms with Crippen molar-refractivity contribution in [1.29, 1.82) is 0 Å². The Morgan fingerprint density at radius 3 is 2.50 bits per heavy atom. The molecule has 0 saturated carbocycles. The highest BCUT2D eigenvalue weighted by Crippen LogP contribution is 2.42. The number of benzene rings is 1. The second-order valence-electron chi connectivity index (χ2n) is 9.62. The largest absolute Gasteiger partial charge is 0.497 e. The molecule has 2 heterocycles. The van der Waals surface area contributed by atoms with Crippen LogP contribution in [0.3, 0.4) is 0 Å². The Bertz CT molecular complexity index is 752. The van der Waals surface area contributed by atoms with Gasteiger partial charge in [-0.3, -0.25) is 4.90 Å². The van der Waals surface area contributed by atoms with Crippen LogP contribution in [0.15, 0.2) is 18.2 Å². The van der Waals surface area contributed by atoms with Crippen LogP contribution in [0.5, 0.6) is 5.75 Å². The minimum Gasteiger partial charge on any atom is -0.497 e. The Kier molecular flexibility index (Phi) is 6.73. The highest BCUT2D eigenvalue weighted by molar-refractivity contribution is 6.47. The fourth-order valence-corrected chi connectivity index (χ4v) is 4.14. The molecule has 0 aromatic heterocycles. The predicted octanol–water partition coefficient (Wildman–Crippen LogP) is 4.81. The maximum atomic E-state index is 12.9. The SMILES string of the molecule is CCC(CCC(C)NC(=O)N1CCc2ccc(OC)cc21)B1OC(C)(C)C(C)(C)O1. The quantitative estimate of drug-likeness (QED) is 0.649. The summed E-state index contributed by atoms with van der Waals surface area (Å²) < 4.78 is 17.8. The third kappa shape index (κ3) is 4.62. The molecule has 2 aliphatic rings. The van der Waals surface area contributed by atoms with Crippen LogP contribution >= 0.6 is 0 Å². The molecule has 0 bridgehead atoms. The Morgan fingerprint density at radius 1 is 1.23 bits per heavy atom. The van der Waals surface area contributed by atoms with Gasteiger partial charge in [0.1, 0.15) is 5.75 Å². The van der Waals surface area contributed by atoms with Crippen LogP contribution in [0.4, 0.5) is 10.5 Å². The molecule has 2 aliphatic heterocycles. The maximum Gasteiger partial charge on any atom is 0.461 e. The molecule has 7 heteroatoms. The second kappa shape index (κ2) is 8.79. The highest BCUT2D eigenvalue weighted by atomic mass is 16.7. The van der Waals surface area contributed by atoms with E-state index >= 15 is 0 Å². The molecule has 1 fully saturated rings. The third-order valence-electron chi connectivity index (χ3n) is 6.95. The highest BCUT2D eigenvalue weighted by Gasteiger charge is 2.53. The summed E-state index contributed by atoms with van der Waals surface area (Å²) >= 11 is 0. The Morgan fingerprint density at radius 2 is 1.90 bits per heavy atom. The van der Waals surface area contributed by atoms with Gasteiger partial charge in [-0.25, -0.2) is 4.79 Å². The summed E-state index contributed by atoms with van der Waals surface area (Å²) in [5.41, 5.74) is 1.51. The zero-order valence-corrected chi connectivity index (χ0v) is 19.6. The molecule has 30 heavy (non-hydrogen) atoms. The van der Waals surface area contributed by atoms with Crippen molar-refractivity contribution in [3.63, 3.8) is 0 Å². The molecular weight excluding hydrogens is 379 g/mol. The molecule has 2 unspecified atom stereocenters. The van der Waals surface area contributed by atoms with E-state index < -0.39 is 0 Å². The number of fused-ring (bicyclic) bond motifs is 1. The maximum absolute atomic E-state index is 12.9. The average molecular weight is 416 g/mol. The van der Waals surface area contributed by atoms with Crippen molar-refractivity contribution in [3.05, 3.63) is 23.8 Å². The summed E-state index contributed by atoms with van der Waals surface area (Å²) in [5, 5.41) is 3.17. The molecule has 2 amide bonds. The zero-order valence-electron chi connectivity index (χ0n) is 19.6. The molecule has 1 aromatic rings. The lowest BCUT2D eigenvalue weighted by Crippen LogP contribution is -2.43. The number of amides is 2. The number of rotatable bonds is 7. The molecule has 1 saturated heterocycles. The van der Waals surface area contributed by atoms with Crippen LogP contribution in [0, 0.1) is 0 Å². The van der Waals surface area contributed by atoms with Crippen molar-refractivity contribution in [2.45, 2.75) is 90.3 Å². The minimum atomic E-state index is -0.310. The van der Waals surface area contributed by atoms with Gasteiger partial charge >= 0.3 is 13.1 Å². The summed E-state index contributed by atoms with van der Waals surface area (Å²) in [4.78, 5) is 14.7. The summed E-state index contributed by atoms with van der Waals surface area (Å²) in [6.45, 7) is 13.3. The number of nitrogens with zero attached hydrogens (tertiary/aromatic N) is 1. The number of carbonyl (C=O) groups is 1. The van der Waals surface area contributed by atoms with Gasteiger partial charge in [-0.15, -0.1) is 0 Å². The monoisotopic (exact) mass is 416 g/mol. The topological polar surface area (TPSA) is 60.0 Å². The summed E-state index contributed by atoms with van der Waals surface area (Å²) in [6, 6.07) is 5.96. The number of urea groups is 1. The first-order valence-corrected chi connectivity index (χ1v) is 11.2. The van der Waals surface area contributed by atoms with Gasteiger partial charge in [0, 0.05) is 18.7 Å². The molecule has 166 valence electrons. The first-order valence-electron chi connectivity index (χ1n) is 11.2. The Balaban J connectivity index is 1.54. The van der Waals surface area contributed by atoms with E-state index in [-0.39, 0.29) is 30.4 Å². The van der Waals surface area contributed by atoms with Gasteiger partial charge in [0.15, 0.2) is 0 Å². The van der Waals surface area contributed by atoms with Gasteiger partial charge in [-0.05, 0) is 64.9 Å². The molecular formula is C23H37BN2O4. The number of anilines is 1. The molecule has 3 rings (SSSR count). The van der Waals surface area contributed by atoms with Gasteiger partial charge in [0.25, 0.3) is 0 Å². The second-order valence-corrected chi connectivity index (χ2v) is 9.62.